The van der Waals surface area contributed by atoms with Crippen molar-refractivity contribution in [1.29, 1.82) is 5.26 Å². The molecule has 1 aromatic carbocycles. The smallest absolute Gasteiger partial charge is 0.329 e. The molecule has 0 saturated heterocycles. The number of anilines is 1. The van der Waals surface area contributed by atoms with E-state index in [-0.39, 0.29) is 5.41 Å². The van der Waals surface area contributed by atoms with E-state index in [4.69, 9.17) is 4.74 Å². The largest absolute Gasteiger partial charge is 0.468 e. The van der Waals surface area contributed by atoms with Crippen molar-refractivity contribution in [3.8, 4) is 6.07 Å². The van der Waals surface area contributed by atoms with Gasteiger partial charge in [0.25, 0.3) is 0 Å². The first-order chi connectivity index (χ1) is 12.3. The van der Waals surface area contributed by atoms with Gasteiger partial charge in [-0.05, 0) is 31.6 Å². The highest BCUT2D eigenvalue weighted by Crippen LogP contribution is 2.26. The SMILES string of the molecule is COC(=O)[C@H](C#N)c1nc2ccccc2nc1NCC(C)(C)CN(C)C. The molecule has 0 amide bonds. The number of methoxy groups -OCH3 is 1. The van der Waals surface area contributed by atoms with E-state index in [0.29, 0.717) is 29.1 Å². The number of nitriles is 1. The van der Waals surface area contributed by atoms with Gasteiger partial charge in [0, 0.05) is 13.1 Å². The Balaban J connectivity index is 2.44. The fourth-order valence-corrected chi connectivity index (χ4v) is 2.92. The highest BCUT2D eigenvalue weighted by Gasteiger charge is 2.28. The Bertz CT molecular complexity index is 826. The summed E-state index contributed by atoms with van der Waals surface area (Å²) in [6.07, 6.45) is 0. The van der Waals surface area contributed by atoms with E-state index < -0.39 is 11.9 Å². The first kappa shape index (κ1) is 19.6. The number of esters is 1. The summed E-state index contributed by atoms with van der Waals surface area (Å²) in [5, 5.41) is 12.8. The maximum atomic E-state index is 12.0. The Morgan fingerprint density at radius 3 is 2.46 bits per heavy atom. The third-order valence-electron chi connectivity index (χ3n) is 3.92. The number of hydrogen-bond donors (Lipinski definition) is 1. The van der Waals surface area contributed by atoms with Gasteiger partial charge in [0.2, 0.25) is 0 Å². The lowest BCUT2D eigenvalue weighted by Gasteiger charge is -2.29. The summed E-state index contributed by atoms with van der Waals surface area (Å²) in [5.41, 5.74) is 1.58. The lowest BCUT2D eigenvalue weighted by atomic mass is 9.93. The van der Waals surface area contributed by atoms with Gasteiger partial charge in [-0.1, -0.05) is 26.0 Å². The molecule has 0 radical (unpaired) electrons. The summed E-state index contributed by atoms with van der Waals surface area (Å²) in [6, 6.07) is 9.34. The number of rotatable bonds is 7. The van der Waals surface area contributed by atoms with Gasteiger partial charge in [0.05, 0.1) is 24.2 Å². The molecule has 1 N–H and O–H groups in total. The topological polar surface area (TPSA) is 91.1 Å². The molecule has 0 aliphatic rings. The minimum Gasteiger partial charge on any atom is -0.468 e. The lowest BCUT2D eigenvalue weighted by molar-refractivity contribution is -0.141. The number of fused-ring (bicyclic) bond motifs is 1. The second-order valence-corrected chi connectivity index (χ2v) is 7.29. The molecule has 26 heavy (non-hydrogen) atoms. The maximum Gasteiger partial charge on any atom is 0.329 e. The number of nitrogens with one attached hydrogen (secondary N) is 1. The third kappa shape index (κ3) is 4.67. The number of carbonyl (C=O) groups is 1. The highest BCUT2D eigenvalue weighted by molar-refractivity contribution is 5.84. The van der Waals surface area contributed by atoms with Crippen molar-refractivity contribution in [1.82, 2.24) is 14.9 Å². The minimum atomic E-state index is -1.13. The molecular weight excluding hydrogens is 330 g/mol. The van der Waals surface area contributed by atoms with Crippen LogP contribution in [0.1, 0.15) is 25.5 Å². The molecule has 7 nitrogen and oxygen atoms in total. The Morgan fingerprint density at radius 2 is 1.92 bits per heavy atom. The number of benzene rings is 1. The van der Waals surface area contributed by atoms with Crippen LogP contribution in [-0.2, 0) is 9.53 Å². The van der Waals surface area contributed by atoms with Crippen molar-refractivity contribution in [2.45, 2.75) is 19.8 Å². The van der Waals surface area contributed by atoms with E-state index in [1.54, 1.807) is 6.07 Å². The molecule has 0 fully saturated rings. The van der Waals surface area contributed by atoms with Crippen LogP contribution in [0.2, 0.25) is 0 Å². The average Bonchev–Trinajstić information content (AvgIpc) is 2.59. The second kappa shape index (κ2) is 8.11. The minimum absolute atomic E-state index is 0.0402. The van der Waals surface area contributed by atoms with Crippen molar-refractivity contribution in [3.05, 3.63) is 30.0 Å². The molecule has 0 saturated carbocycles. The average molecular weight is 355 g/mol. The molecule has 1 heterocycles. The lowest BCUT2D eigenvalue weighted by Crippen LogP contribution is -2.35. The maximum absolute atomic E-state index is 12.0. The number of hydrogen-bond acceptors (Lipinski definition) is 7. The van der Waals surface area contributed by atoms with Gasteiger partial charge in [-0.2, -0.15) is 5.26 Å². The molecule has 0 spiro atoms. The molecule has 138 valence electrons. The van der Waals surface area contributed by atoms with Gasteiger partial charge >= 0.3 is 5.97 Å². The third-order valence-corrected chi connectivity index (χ3v) is 3.92. The van der Waals surface area contributed by atoms with Crippen LogP contribution in [0.5, 0.6) is 0 Å². The summed E-state index contributed by atoms with van der Waals surface area (Å²) in [5.74, 6) is -1.34. The predicted molar refractivity (Wildman–Crippen MR) is 101 cm³/mol. The van der Waals surface area contributed by atoms with E-state index in [9.17, 15) is 10.1 Å². The van der Waals surface area contributed by atoms with Gasteiger partial charge in [-0.3, -0.25) is 4.79 Å². The number of nitrogens with zero attached hydrogens (tertiary/aromatic N) is 4. The van der Waals surface area contributed by atoms with Crippen molar-refractivity contribution < 1.29 is 9.53 Å². The molecular formula is C19H25N5O2. The number of para-hydroxylation sites is 2. The molecule has 2 aromatic rings. The number of ether oxygens (including phenoxy) is 1. The van der Waals surface area contributed by atoms with Crippen LogP contribution in [0.15, 0.2) is 24.3 Å². The van der Waals surface area contributed by atoms with Crippen molar-refractivity contribution in [2.75, 3.05) is 39.6 Å². The Hall–Kier alpha value is -2.72. The molecule has 0 bridgehead atoms. The Morgan fingerprint density at radius 1 is 1.31 bits per heavy atom. The van der Waals surface area contributed by atoms with Crippen molar-refractivity contribution in [2.24, 2.45) is 5.41 Å². The summed E-state index contributed by atoms with van der Waals surface area (Å²) in [4.78, 5) is 23.3. The molecule has 1 atom stereocenters. The van der Waals surface area contributed by atoms with Gasteiger partial charge in [-0.25, -0.2) is 9.97 Å². The second-order valence-electron chi connectivity index (χ2n) is 7.29. The van der Waals surface area contributed by atoms with E-state index in [2.05, 4.69) is 34.0 Å². The van der Waals surface area contributed by atoms with Gasteiger partial charge in [0.1, 0.15) is 5.69 Å². The molecule has 1 aromatic heterocycles. The summed E-state index contributed by atoms with van der Waals surface area (Å²) >= 11 is 0. The van der Waals surface area contributed by atoms with Gasteiger partial charge in [0.15, 0.2) is 11.7 Å². The van der Waals surface area contributed by atoms with E-state index in [1.807, 2.05) is 38.4 Å². The van der Waals surface area contributed by atoms with Crippen molar-refractivity contribution in [3.63, 3.8) is 0 Å². The first-order valence-electron chi connectivity index (χ1n) is 8.40. The van der Waals surface area contributed by atoms with E-state index in [0.717, 1.165) is 6.54 Å². The fraction of sp³-hybridized carbons (Fsp3) is 0.474. The van der Waals surface area contributed by atoms with Crippen LogP contribution >= 0.6 is 0 Å². The number of carbonyl (C=O) groups excluding carboxylic acids is 1. The molecule has 2 rings (SSSR count). The number of aromatic nitrogens is 2. The Labute approximate surface area is 154 Å². The molecule has 0 aliphatic carbocycles. The zero-order valence-electron chi connectivity index (χ0n) is 15.9. The van der Waals surface area contributed by atoms with E-state index >= 15 is 0 Å². The van der Waals surface area contributed by atoms with Crippen molar-refractivity contribution >= 4 is 22.8 Å². The molecule has 0 unspecified atom stereocenters. The first-order valence-corrected chi connectivity index (χ1v) is 8.40. The zero-order valence-corrected chi connectivity index (χ0v) is 15.9. The van der Waals surface area contributed by atoms with Gasteiger partial charge in [-0.15, -0.1) is 0 Å². The van der Waals surface area contributed by atoms with Crippen LogP contribution in [0, 0.1) is 16.7 Å². The monoisotopic (exact) mass is 355 g/mol. The Kier molecular flexibility index (Phi) is 6.11. The molecule has 0 aliphatic heterocycles. The van der Waals surface area contributed by atoms with Crippen LogP contribution in [0.3, 0.4) is 0 Å². The van der Waals surface area contributed by atoms with Gasteiger partial charge < -0.3 is 15.0 Å². The zero-order chi connectivity index (χ0) is 19.3. The quantitative estimate of drug-likeness (QED) is 0.763. The summed E-state index contributed by atoms with van der Waals surface area (Å²) in [6.45, 7) is 5.76. The van der Waals surface area contributed by atoms with Crippen LogP contribution in [-0.4, -0.2) is 55.1 Å². The highest BCUT2D eigenvalue weighted by atomic mass is 16.5. The summed E-state index contributed by atoms with van der Waals surface area (Å²) < 4.78 is 4.76. The standard InChI is InChI=1S/C19H25N5O2/c1-19(2,12-24(3)4)11-21-17-16(13(10-20)18(25)26-5)22-14-8-6-7-9-15(14)23-17/h6-9,13H,11-12H2,1-5H3,(H,21,23)/t13-/m1/s1. The van der Waals surface area contributed by atoms with Crippen LogP contribution in [0.4, 0.5) is 5.82 Å². The predicted octanol–water partition coefficient (Wildman–Crippen LogP) is 2.41. The van der Waals surface area contributed by atoms with E-state index in [1.165, 1.54) is 7.11 Å². The fourth-order valence-electron chi connectivity index (χ4n) is 2.92. The summed E-state index contributed by atoms with van der Waals surface area (Å²) in [7, 11) is 5.30. The normalized spacial score (nSPS) is 12.7. The van der Waals surface area contributed by atoms with Crippen LogP contribution < -0.4 is 5.32 Å². The molecule has 7 heteroatoms. The van der Waals surface area contributed by atoms with Crippen LogP contribution in [0.25, 0.3) is 11.0 Å².